The molecule has 164 valence electrons. The first-order valence-corrected chi connectivity index (χ1v) is 11.4. The molecule has 1 saturated carbocycles. The number of carbonyl (C=O) groups excluding carboxylic acids is 2. The smallest absolute Gasteiger partial charge is 0.254 e. The molecule has 1 aliphatic carbocycles. The molecule has 5 nitrogen and oxygen atoms in total. The molecular formula is C26H32N2O3. The predicted molar refractivity (Wildman–Crippen MR) is 121 cm³/mol. The summed E-state index contributed by atoms with van der Waals surface area (Å²) in [5.41, 5.74) is 2.26. The Morgan fingerprint density at radius 3 is 2.52 bits per heavy atom. The van der Waals surface area contributed by atoms with Gasteiger partial charge in [0.05, 0.1) is 18.1 Å². The Morgan fingerprint density at radius 1 is 1.06 bits per heavy atom. The zero-order valence-corrected chi connectivity index (χ0v) is 18.3. The molecule has 0 unspecified atom stereocenters. The molecule has 2 aliphatic rings. The molecular weight excluding hydrogens is 388 g/mol. The van der Waals surface area contributed by atoms with E-state index in [0.29, 0.717) is 25.3 Å². The number of hydrogen-bond acceptors (Lipinski definition) is 3. The fourth-order valence-corrected chi connectivity index (χ4v) is 5.43. The summed E-state index contributed by atoms with van der Waals surface area (Å²) in [6, 6.07) is 17.9. The minimum absolute atomic E-state index is 0.0280. The molecule has 1 spiro atoms. The first kappa shape index (κ1) is 21.6. The predicted octanol–water partition coefficient (Wildman–Crippen LogP) is 3.93. The maximum Gasteiger partial charge on any atom is 0.254 e. The van der Waals surface area contributed by atoms with E-state index in [4.69, 9.17) is 4.74 Å². The molecule has 0 saturated heterocycles. The van der Waals surface area contributed by atoms with Gasteiger partial charge in [-0.3, -0.25) is 9.59 Å². The van der Waals surface area contributed by atoms with Gasteiger partial charge in [0, 0.05) is 25.8 Å². The Bertz CT molecular complexity index is 906. The first-order valence-electron chi connectivity index (χ1n) is 11.4. The Hall–Kier alpha value is -2.66. The second kappa shape index (κ2) is 9.65. The Balaban J connectivity index is 1.65. The van der Waals surface area contributed by atoms with Crippen molar-refractivity contribution in [2.75, 3.05) is 26.8 Å². The highest BCUT2D eigenvalue weighted by Gasteiger charge is 2.54. The van der Waals surface area contributed by atoms with Crippen molar-refractivity contribution in [1.82, 2.24) is 10.2 Å². The summed E-state index contributed by atoms with van der Waals surface area (Å²) >= 11 is 0. The lowest BCUT2D eigenvalue weighted by Gasteiger charge is -2.53. The summed E-state index contributed by atoms with van der Waals surface area (Å²) in [5.74, 6) is -0.294. The van der Waals surface area contributed by atoms with E-state index in [1.807, 2.05) is 47.4 Å². The standard InChI is InChI=1S/C26H32N2O3/c1-31-19-18-28-25(30)22-13-7-6-12-21(22)23(26(28)15-8-3-9-16-26)24(29)27-17-14-20-10-4-2-5-11-20/h2,4-7,10-13,23H,3,8-9,14-19H2,1H3,(H,27,29)/t23-/m0/s1. The van der Waals surface area contributed by atoms with Crippen LogP contribution in [0.5, 0.6) is 0 Å². The highest BCUT2D eigenvalue weighted by molar-refractivity contribution is 6.02. The monoisotopic (exact) mass is 420 g/mol. The van der Waals surface area contributed by atoms with Gasteiger partial charge < -0.3 is 15.0 Å². The van der Waals surface area contributed by atoms with Crippen LogP contribution in [0.2, 0.25) is 0 Å². The minimum atomic E-state index is -0.473. The molecule has 1 atom stereocenters. The third kappa shape index (κ3) is 4.24. The topological polar surface area (TPSA) is 58.6 Å². The Kier molecular flexibility index (Phi) is 6.71. The quantitative estimate of drug-likeness (QED) is 0.738. The van der Waals surface area contributed by atoms with Gasteiger partial charge in [-0.15, -0.1) is 0 Å². The molecule has 0 radical (unpaired) electrons. The number of methoxy groups -OCH3 is 1. The van der Waals surface area contributed by atoms with Crippen LogP contribution in [0.3, 0.4) is 0 Å². The lowest BCUT2D eigenvalue weighted by atomic mass is 9.65. The van der Waals surface area contributed by atoms with E-state index in [9.17, 15) is 9.59 Å². The number of hydrogen-bond donors (Lipinski definition) is 1. The van der Waals surface area contributed by atoms with E-state index in [0.717, 1.165) is 44.1 Å². The number of benzene rings is 2. The SMILES string of the molecule is COCCN1C(=O)c2ccccc2[C@@H](C(=O)NCCc2ccccc2)C12CCCCC2. The van der Waals surface area contributed by atoms with Crippen molar-refractivity contribution in [1.29, 1.82) is 0 Å². The summed E-state index contributed by atoms with van der Waals surface area (Å²) in [4.78, 5) is 29.1. The van der Waals surface area contributed by atoms with Crippen LogP contribution in [0.4, 0.5) is 0 Å². The number of fused-ring (bicyclic) bond motifs is 1. The first-order chi connectivity index (χ1) is 15.2. The molecule has 1 heterocycles. The lowest BCUT2D eigenvalue weighted by molar-refractivity contribution is -0.127. The summed E-state index contributed by atoms with van der Waals surface area (Å²) in [6.45, 7) is 1.57. The Morgan fingerprint density at radius 2 is 1.77 bits per heavy atom. The maximum atomic E-state index is 13.7. The van der Waals surface area contributed by atoms with Gasteiger partial charge in [-0.05, 0) is 36.5 Å². The molecule has 2 aromatic rings. The molecule has 31 heavy (non-hydrogen) atoms. The summed E-state index contributed by atoms with van der Waals surface area (Å²) < 4.78 is 5.33. The van der Waals surface area contributed by atoms with Gasteiger partial charge in [0.2, 0.25) is 5.91 Å². The normalized spacial score (nSPS) is 19.8. The molecule has 5 heteroatoms. The van der Waals surface area contributed by atoms with E-state index in [-0.39, 0.29) is 17.7 Å². The number of nitrogens with zero attached hydrogens (tertiary/aromatic N) is 1. The van der Waals surface area contributed by atoms with E-state index < -0.39 is 5.54 Å². The highest BCUT2D eigenvalue weighted by atomic mass is 16.5. The second-order valence-corrected chi connectivity index (χ2v) is 8.66. The van der Waals surface area contributed by atoms with Crippen LogP contribution in [-0.2, 0) is 16.0 Å². The molecule has 2 amide bonds. The molecule has 1 N–H and O–H groups in total. The van der Waals surface area contributed by atoms with Crippen molar-refractivity contribution in [3.05, 3.63) is 71.3 Å². The minimum Gasteiger partial charge on any atom is -0.383 e. The van der Waals surface area contributed by atoms with Crippen LogP contribution in [0.15, 0.2) is 54.6 Å². The van der Waals surface area contributed by atoms with Gasteiger partial charge in [-0.1, -0.05) is 67.8 Å². The van der Waals surface area contributed by atoms with Crippen molar-refractivity contribution in [3.8, 4) is 0 Å². The summed E-state index contributed by atoms with van der Waals surface area (Å²) in [7, 11) is 1.66. The van der Waals surface area contributed by atoms with Crippen molar-refractivity contribution in [2.24, 2.45) is 0 Å². The zero-order chi connectivity index (χ0) is 21.7. The molecule has 1 fully saturated rings. The van der Waals surface area contributed by atoms with Crippen LogP contribution in [0.1, 0.15) is 59.5 Å². The lowest BCUT2D eigenvalue weighted by Crippen LogP contribution is -2.63. The van der Waals surface area contributed by atoms with Gasteiger partial charge in [0.25, 0.3) is 5.91 Å². The Labute approximate surface area is 184 Å². The highest BCUT2D eigenvalue weighted by Crippen LogP contribution is 2.49. The van der Waals surface area contributed by atoms with Gasteiger partial charge in [-0.25, -0.2) is 0 Å². The average Bonchev–Trinajstić information content (AvgIpc) is 2.80. The number of rotatable bonds is 7. The fraction of sp³-hybridized carbons (Fsp3) is 0.462. The number of ether oxygens (including phenoxy) is 1. The third-order valence-corrected chi connectivity index (χ3v) is 6.88. The number of nitrogens with one attached hydrogen (secondary N) is 1. The average molecular weight is 421 g/mol. The van der Waals surface area contributed by atoms with Gasteiger partial charge in [0.1, 0.15) is 0 Å². The zero-order valence-electron chi connectivity index (χ0n) is 18.3. The van der Waals surface area contributed by atoms with E-state index in [2.05, 4.69) is 17.4 Å². The number of amides is 2. The maximum absolute atomic E-state index is 13.7. The summed E-state index contributed by atoms with van der Waals surface area (Å²) in [6.07, 6.45) is 5.72. The van der Waals surface area contributed by atoms with E-state index >= 15 is 0 Å². The van der Waals surface area contributed by atoms with Crippen molar-refractivity contribution >= 4 is 11.8 Å². The van der Waals surface area contributed by atoms with E-state index in [1.54, 1.807) is 7.11 Å². The molecule has 2 aromatic carbocycles. The van der Waals surface area contributed by atoms with Crippen molar-refractivity contribution in [2.45, 2.75) is 50.0 Å². The van der Waals surface area contributed by atoms with Crippen molar-refractivity contribution in [3.63, 3.8) is 0 Å². The third-order valence-electron chi connectivity index (χ3n) is 6.88. The molecule has 4 rings (SSSR count). The van der Waals surface area contributed by atoms with Crippen LogP contribution in [0.25, 0.3) is 0 Å². The van der Waals surface area contributed by atoms with Gasteiger partial charge >= 0.3 is 0 Å². The number of carbonyl (C=O) groups is 2. The largest absolute Gasteiger partial charge is 0.383 e. The molecule has 0 bridgehead atoms. The van der Waals surface area contributed by atoms with E-state index in [1.165, 1.54) is 5.56 Å². The van der Waals surface area contributed by atoms with Crippen LogP contribution >= 0.6 is 0 Å². The fourth-order valence-electron chi connectivity index (χ4n) is 5.43. The van der Waals surface area contributed by atoms with Crippen molar-refractivity contribution < 1.29 is 14.3 Å². The molecule has 0 aromatic heterocycles. The van der Waals surface area contributed by atoms with Gasteiger partial charge in [-0.2, -0.15) is 0 Å². The second-order valence-electron chi connectivity index (χ2n) is 8.66. The molecule has 1 aliphatic heterocycles. The van der Waals surface area contributed by atoms with Crippen LogP contribution in [0, 0.1) is 0 Å². The summed E-state index contributed by atoms with van der Waals surface area (Å²) in [5, 5.41) is 3.20. The van der Waals surface area contributed by atoms with Crippen LogP contribution in [-0.4, -0.2) is 49.1 Å². The van der Waals surface area contributed by atoms with Crippen LogP contribution < -0.4 is 5.32 Å². The van der Waals surface area contributed by atoms with Gasteiger partial charge in [0.15, 0.2) is 0 Å².